The Morgan fingerprint density at radius 3 is 2.82 bits per heavy atom. The molecule has 3 nitrogen and oxygen atoms in total. The summed E-state index contributed by atoms with van der Waals surface area (Å²) in [6.07, 6.45) is 3.91. The molecular weight excluding hydrogens is 162 g/mol. The van der Waals surface area contributed by atoms with Gasteiger partial charge in [-0.25, -0.2) is 4.79 Å². The maximum absolute atomic E-state index is 10.5. The summed E-state index contributed by atoms with van der Waals surface area (Å²) in [6, 6.07) is 0. The molecule has 0 saturated heterocycles. The Labute approximate surface area is 71.9 Å². The Bertz CT molecular complexity index is 109. The van der Waals surface area contributed by atoms with Crippen molar-refractivity contribution in [3.05, 3.63) is 0 Å². The highest BCUT2D eigenvalue weighted by Crippen LogP contribution is 1.97. The highest BCUT2D eigenvalue weighted by atomic mass is 32.2. The topological polar surface area (TPSA) is 38.3 Å². The molecule has 0 aliphatic carbocycles. The first-order valence-corrected chi connectivity index (χ1v) is 5.01. The first-order chi connectivity index (χ1) is 5.31. The van der Waals surface area contributed by atoms with Crippen molar-refractivity contribution in [3.8, 4) is 0 Å². The van der Waals surface area contributed by atoms with Gasteiger partial charge in [-0.1, -0.05) is 0 Å². The fraction of sp³-hybridized carbons (Fsp3) is 0.857. The maximum atomic E-state index is 10.5. The van der Waals surface area contributed by atoms with E-state index in [1.54, 1.807) is 0 Å². The van der Waals surface area contributed by atoms with Crippen LogP contribution in [0.3, 0.4) is 0 Å². The zero-order valence-electron chi connectivity index (χ0n) is 7.05. The first kappa shape index (κ1) is 10.6. The van der Waals surface area contributed by atoms with Gasteiger partial charge in [-0.15, -0.1) is 0 Å². The summed E-state index contributed by atoms with van der Waals surface area (Å²) in [4.78, 5) is 10.5. The number of amides is 1. The van der Waals surface area contributed by atoms with E-state index in [4.69, 9.17) is 0 Å². The molecule has 0 rings (SSSR count). The molecule has 0 aromatic heterocycles. The standard InChI is InChI=1S/C7H15NO2S/c1-10-7(9)8-5-3-4-6-11-2/h3-6H2,1-2H3,(H,8,9). The predicted molar refractivity (Wildman–Crippen MR) is 48.0 cm³/mol. The average molecular weight is 177 g/mol. The van der Waals surface area contributed by atoms with Gasteiger partial charge < -0.3 is 10.1 Å². The van der Waals surface area contributed by atoms with Crippen LogP contribution in [0.2, 0.25) is 0 Å². The lowest BCUT2D eigenvalue weighted by atomic mass is 10.3. The van der Waals surface area contributed by atoms with Crippen molar-refractivity contribution in [1.82, 2.24) is 5.32 Å². The summed E-state index contributed by atoms with van der Waals surface area (Å²) in [5.74, 6) is 1.16. The van der Waals surface area contributed by atoms with Crippen LogP contribution in [0.15, 0.2) is 0 Å². The van der Waals surface area contributed by atoms with Crippen LogP contribution in [-0.4, -0.2) is 31.8 Å². The number of methoxy groups -OCH3 is 1. The van der Waals surface area contributed by atoms with E-state index in [2.05, 4.69) is 16.3 Å². The van der Waals surface area contributed by atoms with E-state index in [0.29, 0.717) is 6.54 Å². The van der Waals surface area contributed by atoms with Crippen LogP contribution in [-0.2, 0) is 4.74 Å². The molecule has 4 heteroatoms. The molecule has 1 amide bonds. The molecule has 11 heavy (non-hydrogen) atoms. The van der Waals surface area contributed by atoms with Crippen molar-refractivity contribution in [3.63, 3.8) is 0 Å². The number of nitrogens with one attached hydrogen (secondary N) is 1. The largest absolute Gasteiger partial charge is 0.453 e. The van der Waals surface area contributed by atoms with Crippen LogP contribution in [0.25, 0.3) is 0 Å². The number of carbonyl (C=O) groups excluding carboxylic acids is 1. The van der Waals surface area contributed by atoms with E-state index in [0.717, 1.165) is 18.6 Å². The van der Waals surface area contributed by atoms with E-state index < -0.39 is 0 Å². The molecule has 0 aliphatic rings. The predicted octanol–water partition coefficient (Wildman–Crippen LogP) is 1.49. The monoisotopic (exact) mass is 177 g/mol. The van der Waals surface area contributed by atoms with E-state index in [-0.39, 0.29) is 6.09 Å². The van der Waals surface area contributed by atoms with Crippen molar-refractivity contribution >= 4 is 17.9 Å². The number of rotatable bonds is 5. The zero-order valence-corrected chi connectivity index (χ0v) is 7.87. The second-order valence-corrected chi connectivity index (χ2v) is 3.10. The third kappa shape index (κ3) is 7.52. The number of hydrogen-bond acceptors (Lipinski definition) is 3. The zero-order chi connectivity index (χ0) is 8.53. The lowest BCUT2D eigenvalue weighted by Gasteiger charge is -2.01. The van der Waals surface area contributed by atoms with Gasteiger partial charge in [0.1, 0.15) is 0 Å². The minimum atomic E-state index is -0.339. The van der Waals surface area contributed by atoms with Crippen LogP contribution in [0.4, 0.5) is 4.79 Å². The average Bonchev–Trinajstić information content (AvgIpc) is 2.04. The van der Waals surface area contributed by atoms with E-state index in [9.17, 15) is 4.79 Å². The molecule has 0 spiro atoms. The van der Waals surface area contributed by atoms with Crippen LogP contribution in [0.5, 0.6) is 0 Å². The summed E-state index contributed by atoms with van der Waals surface area (Å²) < 4.78 is 4.40. The molecule has 0 aliphatic heterocycles. The highest BCUT2D eigenvalue weighted by molar-refractivity contribution is 7.98. The summed E-state index contributed by atoms with van der Waals surface area (Å²) >= 11 is 1.82. The van der Waals surface area contributed by atoms with Crippen molar-refractivity contribution in [1.29, 1.82) is 0 Å². The Kier molecular flexibility index (Phi) is 7.46. The second-order valence-electron chi connectivity index (χ2n) is 2.12. The second kappa shape index (κ2) is 7.72. The minimum absolute atomic E-state index is 0.339. The number of carbonyl (C=O) groups is 1. The molecule has 0 bridgehead atoms. The van der Waals surface area contributed by atoms with Gasteiger partial charge in [0.05, 0.1) is 7.11 Å². The third-order valence-electron chi connectivity index (χ3n) is 1.23. The van der Waals surface area contributed by atoms with Crippen molar-refractivity contribution in [2.45, 2.75) is 12.8 Å². The summed E-state index contributed by atoms with van der Waals surface area (Å²) in [6.45, 7) is 0.716. The molecule has 1 N–H and O–H groups in total. The fourth-order valence-corrected chi connectivity index (χ4v) is 1.13. The van der Waals surface area contributed by atoms with Gasteiger partial charge in [0, 0.05) is 6.54 Å². The maximum Gasteiger partial charge on any atom is 0.406 e. The van der Waals surface area contributed by atoms with E-state index in [1.165, 1.54) is 7.11 Å². The Balaban J connectivity index is 2.95. The van der Waals surface area contributed by atoms with E-state index in [1.807, 2.05) is 11.8 Å². The molecule has 0 heterocycles. The van der Waals surface area contributed by atoms with Crippen molar-refractivity contribution in [2.24, 2.45) is 0 Å². The summed E-state index contributed by atoms with van der Waals surface area (Å²) in [7, 11) is 1.37. The molecule has 0 radical (unpaired) electrons. The van der Waals surface area contributed by atoms with Gasteiger partial charge in [-0.2, -0.15) is 11.8 Å². The number of unbranched alkanes of at least 4 members (excludes halogenated alkanes) is 1. The lowest BCUT2D eigenvalue weighted by molar-refractivity contribution is 0.171. The molecule has 0 atom stereocenters. The Morgan fingerprint density at radius 2 is 2.27 bits per heavy atom. The number of ether oxygens (including phenoxy) is 1. The van der Waals surface area contributed by atoms with Crippen molar-refractivity contribution in [2.75, 3.05) is 25.7 Å². The highest BCUT2D eigenvalue weighted by Gasteiger charge is 1.95. The molecule has 66 valence electrons. The Morgan fingerprint density at radius 1 is 1.55 bits per heavy atom. The van der Waals surface area contributed by atoms with Crippen LogP contribution < -0.4 is 5.32 Å². The Hall–Kier alpha value is -0.380. The quantitative estimate of drug-likeness (QED) is 0.646. The smallest absolute Gasteiger partial charge is 0.406 e. The van der Waals surface area contributed by atoms with Crippen LogP contribution in [0, 0.1) is 0 Å². The van der Waals surface area contributed by atoms with Crippen molar-refractivity contribution < 1.29 is 9.53 Å². The van der Waals surface area contributed by atoms with Gasteiger partial charge in [0.15, 0.2) is 0 Å². The normalized spacial score (nSPS) is 9.27. The van der Waals surface area contributed by atoms with Crippen LogP contribution in [0.1, 0.15) is 12.8 Å². The molecule has 0 aromatic carbocycles. The van der Waals surface area contributed by atoms with Gasteiger partial charge in [-0.05, 0) is 24.9 Å². The summed E-state index contributed by atoms with van der Waals surface area (Å²) in [5.41, 5.74) is 0. The third-order valence-corrected chi connectivity index (χ3v) is 1.93. The van der Waals surface area contributed by atoms with Gasteiger partial charge in [-0.3, -0.25) is 0 Å². The number of thioether (sulfide) groups is 1. The fourth-order valence-electron chi connectivity index (χ4n) is 0.634. The molecule has 0 aromatic rings. The van der Waals surface area contributed by atoms with E-state index >= 15 is 0 Å². The number of hydrogen-bond donors (Lipinski definition) is 1. The molecule has 0 unspecified atom stereocenters. The van der Waals surface area contributed by atoms with Gasteiger partial charge in [0.2, 0.25) is 0 Å². The summed E-state index contributed by atoms with van der Waals surface area (Å²) in [5, 5.41) is 2.62. The number of alkyl carbamates (subject to hydrolysis) is 1. The van der Waals surface area contributed by atoms with Gasteiger partial charge >= 0.3 is 6.09 Å². The molecule has 0 saturated carbocycles. The lowest BCUT2D eigenvalue weighted by Crippen LogP contribution is -2.23. The van der Waals surface area contributed by atoms with Crippen LogP contribution >= 0.6 is 11.8 Å². The van der Waals surface area contributed by atoms with Gasteiger partial charge in [0.25, 0.3) is 0 Å². The molecule has 0 fully saturated rings. The minimum Gasteiger partial charge on any atom is -0.453 e. The molecular formula is C7H15NO2S. The SMILES string of the molecule is COC(=O)NCCCCSC. The first-order valence-electron chi connectivity index (χ1n) is 3.62.